The monoisotopic (exact) mass is 169 g/mol. The van der Waals surface area contributed by atoms with Crippen molar-refractivity contribution in [2.75, 3.05) is 11.5 Å². The molecule has 2 aromatic heterocycles. The molecule has 0 aliphatic carbocycles. The molecule has 2 aromatic rings. The summed E-state index contributed by atoms with van der Waals surface area (Å²) in [4.78, 5) is 3.72. The van der Waals surface area contributed by atoms with Crippen LogP contribution in [0.25, 0.3) is 10.2 Å². The van der Waals surface area contributed by atoms with E-state index >= 15 is 0 Å². The minimum Gasteiger partial charge on any atom is -0.504 e. The summed E-state index contributed by atoms with van der Waals surface area (Å²) in [5.74, 6) is 0.0868. The lowest BCUT2D eigenvalue weighted by Gasteiger charge is -1.87. The fraction of sp³-hybridized carbons (Fsp3) is 0. The van der Waals surface area contributed by atoms with E-state index in [1.807, 2.05) is 0 Å². The van der Waals surface area contributed by atoms with Crippen LogP contribution in [0.5, 0.6) is 5.75 Å². The highest BCUT2D eigenvalue weighted by molar-refractivity contribution is 7.22. The van der Waals surface area contributed by atoms with Crippen LogP contribution < -0.4 is 11.5 Å². The van der Waals surface area contributed by atoms with Gasteiger partial charge in [-0.2, -0.15) is 0 Å². The minimum atomic E-state index is 0.0868. The molecule has 0 bridgehead atoms. The highest BCUT2D eigenvalue weighted by atomic mass is 32.1. The fourth-order valence-corrected chi connectivity index (χ4v) is 1.88. The average molecular weight is 169 g/mol. The molecule has 2 rings (SSSR count). The Morgan fingerprint density at radius 1 is 1.45 bits per heavy atom. The summed E-state index contributed by atoms with van der Waals surface area (Å²) in [5.41, 5.74) is 11.5. The molecule has 0 saturated heterocycles. The molecule has 2 heterocycles. The largest absolute Gasteiger partial charge is 0.504 e. The number of hydrogen-bond acceptors (Lipinski definition) is 4. The molecule has 11 heavy (non-hydrogen) atoms. The van der Waals surface area contributed by atoms with Crippen molar-refractivity contribution in [3.63, 3.8) is 0 Å². The summed E-state index contributed by atoms with van der Waals surface area (Å²) in [6.07, 6.45) is 1.64. The third-order valence-electron chi connectivity index (χ3n) is 1.56. The van der Waals surface area contributed by atoms with Crippen molar-refractivity contribution in [1.82, 2.24) is 4.98 Å². The Balaban J connectivity index is 2.95. The van der Waals surface area contributed by atoms with Gasteiger partial charge in [0.2, 0.25) is 0 Å². The number of thiophene rings is 1. The molecule has 6 N–H and O–H groups in total. The second kappa shape index (κ2) is 1.82. The number of nitrogens with one attached hydrogen (secondary N) is 1. The number of anilines is 2. The van der Waals surface area contributed by atoms with Crippen molar-refractivity contribution in [3.05, 3.63) is 6.20 Å². The van der Waals surface area contributed by atoms with Crippen LogP contribution in [0.2, 0.25) is 0 Å². The Morgan fingerprint density at radius 3 is 2.82 bits per heavy atom. The van der Waals surface area contributed by atoms with E-state index in [-0.39, 0.29) is 5.75 Å². The van der Waals surface area contributed by atoms with Gasteiger partial charge < -0.3 is 21.6 Å². The number of nitrogens with two attached hydrogens (primary N) is 2. The van der Waals surface area contributed by atoms with Crippen molar-refractivity contribution >= 4 is 32.2 Å². The van der Waals surface area contributed by atoms with E-state index in [9.17, 15) is 5.11 Å². The first-order valence-electron chi connectivity index (χ1n) is 3.04. The molecule has 0 aromatic carbocycles. The van der Waals surface area contributed by atoms with E-state index in [4.69, 9.17) is 11.5 Å². The zero-order valence-corrected chi connectivity index (χ0v) is 6.40. The van der Waals surface area contributed by atoms with Crippen LogP contribution in [0.3, 0.4) is 0 Å². The Labute approximate surface area is 66.4 Å². The predicted octanol–water partition coefficient (Wildman–Crippen LogP) is 1.10. The Bertz CT molecular complexity index is 403. The number of fused-ring (bicyclic) bond motifs is 1. The first-order chi connectivity index (χ1) is 5.20. The van der Waals surface area contributed by atoms with Crippen LogP contribution in [0.4, 0.5) is 10.7 Å². The minimum absolute atomic E-state index is 0.0868. The van der Waals surface area contributed by atoms with Gasteiger partial charge in [-0.05, 0) is 0 Å². The van der Waals surface area contributed by atoms with Crippen LogP contribution in [-0.2, 0) is 0 Å². The molecule has 5 heteroatoms. The number of nitrogen functional groups attached to an aromatic ring is 2. The molecule has 0 fully saturated rings. The van der Waals surface area contributed by atoms with E-state index < -0.39 is 0 Å². The van der Waals surface area contributed by atoms with E-state index in [1.54, 1.807) is 6.20 Å². The number of aromatic amines is 1. The number of aromatic nitrogens is 1. The normalized spacial score (nSPS) is 10.9. The van der Waals surface area contributed by atoms with E-state index in [1.165, 1.54) is 11.3 Å². The first kappa shape index (κ1) is 6.36. The lowest BCUT2D eigenvalue weighted by atomic mass is 10.3. The summed E-state index contributed by atoms with van der Waals surface area (Å²) < 4.78 is 0. The first-order valence-corrected chi connectivity index (χ1v) is 3.85. The number of aromatic hydroxyl groups is 1. The molecule has 0 aliphatic rings. The number of hydrogen-bond donors (Lipinski definition) is 4. The van der Waals surface area contributed by atoms with Gasteiger partial charge in [-0.15, -0.1) is 0 Å². The molecule has 0 radical (unpaired) electrons. The highest BCUT2D eigenvalue weighted by Crippen LogP contribution is 2.41. The van der Waals surface area contributed by atoms with Gasteiger partial charge in [0.15, 0.2) is 5.75 Å². The van der Waals surface area contributed by atoms with E-state index in [0.717, 1.165) is 4.83 Å². The zero-order chi connectivity index (χ0) is 8.01. The highest BCUT2D eigenvalue weighted by Gasteiger charge is 2.11. The number of H-pyrrole nitrogens is 1. The maximum Gasteiger partial charge on any atom is 0.161 e. The maximum atomic E-state index is 9.35. The number of rotatable bonds is 0. The molecular formula is C6H7N3OS. The van der Waals surface area contributed by atoms with Gasteiger partial charge in [-0.25, -0.2) is 0 Å². The molecule has 0 saturated carbocycles. The lowest BCUT2D eigenvalue weighted by molar-refractivity contribution is 0.486. The van der Waals surface area contributed by atoms with Gasteiger partial charge in [-0.3, -0.25) is 0 Å². The van der Waals surface area contributed by atoms with Gasteiger partial charge in [0.1, 0.15) is 9.83 Å². The summed E-state index contributed by atoms with van der Waals surface area (Å²) in [6, 6.07) is 0. The topological polar surface area (TPSA) is 88.1 Å². The summed E-state index contributed by atoms with van der Waals surface area (Å²) >= 11 is 1.29. The van der Waals surface area contributed by atoms with Crippen molar-refractivity contribution in [3.8, 4) is 5.75 Å². The molecule has 0 atom stereocenters. The molecule has 0 amide bonds. The second-order valence-electron chi connectivity index (χ2n) is 2.26. The fourth-order valence-electron chi connectivity index (χ4n) is 1.02. The molecule has 0 unspecified atom stereocenters. The zero-order valence-electron chi connectivity index (χ0n) is 5.59. The summed E-state index contributed by atoms with van der Waals surface area (Å²) in [6.45, 7) is 0. The second-order valence-corrected chi connectivity index (χ2v) is 3.32. The van der Waals surface area contributed by atoms with Crippen LogP contribution in [0.15, 0.2) is 6.20 Å². The van der Waals surface area contributed by atoms with E-state index in [0.29, 0.717) is 16.1 Å². The Morgan fingerprint density at radius 2 is 2.18 bits per heavy atom. The van der Waals surface area contributed by atoms with Crippen LogP contribution in [0, 0.1) is 0 Å². The quantitative estimate of drug-likeness (QED) is 0.476. The molecular weight excluding hydrogens is 162 g/mol. The molecule has 0 spiro atoms. The molecule has 58 valence electrons. The van der Waals surface area contributed by atoms with Crippen LogP contribution >= 0.6 is 11.3 Å². The third kappa shape index (κ3) is 0.682. The average Bonchev–Trinajstić information content (AvgIpc) is 2.41. The lowest BCUT2D eigenvalue weighted by Crippen LogP contribution is -1.81. The summed E-state index contributed by atoms with van der Waals surface area (Å²) in [5, 5.41) is 10.4. The van der Waals surface area contributed by atoms with Gasteiger partial charge >= 0.3 is 0 Å². The molecule has 4 nitrogen and oxygen atoms in total. The van der Waals surface area contributed by atoms with Gasteiger partial charge in [-0.1, -0.05) is 11.3 Å². The Kier molecular flexibility index (Phi) is 1.05. The standard InChI is InChI=1S/C6H7N3OS/c7-2-1-9-6-3(2)4(10)5(8)11-6/h1,9-10H,7-8H2. The maximum absolute atomic E-state index is 9.35. The predicted molar refractivity (Wildman–Crippen MR) is 46.7 cm³/mol. The van der Waals surface area contributed by atoms with Crippen molar-refractivity contribution in [1.29, 1.82) is 0 Å². The smallest absolute Gasteiger partial charge is 0.161 e. The van der Waals surface area contributed by atoms with Crippen molar-refractivity contribution < 1.29 is 5.11 Å². The Hall–Kier alpha value is -1.36. The third-order valence-corrected chi connectivity index (χ3v) is 2.50. The van der Waals surface area contributed by atoms with Crippen molar-refractivity contribution in [2.45, 2.75) is 0 Å². The summed E-state index contributed by atoms with van der Waals surface area (Å²) in [7, 11) is 0. The van der Waals surface area contributed by atoms with Gasteiger partial charge in [0, 0.05) is 6.20 Å². The van der Waals surface area contributed by atoms with Crippen molar-refractivity contribution in [2.24, 2.45) is 0 Å². The van der Waals surface area contributed by atoms with Crippen LogP contribution in [0.1, 0.15) is 0 Å². The SMILES string of the molecule is Nc1sc2[nH]cc(N)c2c1O. The van der Waals surface area contributed by atoms with E-state index in [2.05, 4.69) is 4.98 Å². The van der Waals surface area contributed by atoms with Gasteiger partial charge in [0.05, 0.1) is 11.1 Å². The van der Waals surface area contributed by atoms with Gasteiger partial charge in [0.25, 0.3) is 0 Å². The molecule has 0 aliphatic heterocycles. The van der Waals surface area contributed by atoms with Crippen LogP contribution in [-0.4, -0.2) is 10.1 Å².